The highest BCUT2D eigenvalue weighted by Crippen LogP contribution is 2.31. The molecule has 0 aromatic heterocycles. The minimum absolute atomic E-state index is 0.344. The zero-order valence-electron chi connectivity index (χ0n) is 17.5. The van der Waals surface area contributed by atoms with Crippen molar-refractivity contribution in [3.8, 4) is 0 Å². The van der Waals surface area contributed by atoms with Crippen LogP contribution in [0.2, 0.25) is 0 Å². The van der Waals surface area contributed by atoms with Crippen molar-refractivity contribution in [2.75, 3.05) is 18.0 Å². The lowest BCUT2D eigenvalue weighted by atomic mass is 10.2. The van der Waals surface area contributed by atoms with Gasteiger partial charge in [-0.3, -0.25) is 0 Å². The van der Waals surface area contributed by atoms with Crippen molar-refractivity contribution in [1.82, 2.24) is 0 Å². The van der Waals surface area contributed by atoms with Crippen molar-refractivity contribution in [1.29, 1.82) is 0 Å². The lowest BCUT2D eigenvalue weighted by molar-refractivity contribution is -0.137. The zero-order valence-corrected chi connectivity index (χ0v) is 17.5. The first kappa shape index (κ1) is 21.7. The lowest BCUT2D eigenvalue weighted by Gasteiger charge is -2.17. The van der Waals surface area contributed by atoms with Crippen LogP contribution in [-0.4, -0.2) is 13.1 Å². The van der Waals surface area contributed by atoms with Crippen LogP contribution in [0.15, 0.2) is 87.2 Å². The van der Waals surface area contributed by atoms with Crippen LogP contribution in [-0.2, 0) is 6.18 Å². The van der Waals surface area contributed by atoms with E-state index in [1.165, 1.54) is 30.7 Å². The summed E-state index contributed by atoms with van der Waals surface area (Å²) in [4.78, 5) is 2.36. The number of halogens is 3. The smallest absolute Gasteiger partial charge is 0.372 e. The van der Waals surface area contributed by atoms with Gasteiger partial charge < -0.3 is 4.90 Å². The van der Waals surface area contributed by atoms with Crippen molar-refractivity contribution in [2.24, 2.45) is 20.5 Å². The molecule has 0 amide bonds. The molecule has 0 radical (unpaired) electrons. The van der Waals surface area contributed by atoms with Crippen LogP contribution >= 0.6 is 0 Å². The second-order valence-corrected chi connectivity index (χ2v) is 7.63. The number of alkyl halides is 3. The first-order valence-electron chi connectivity index (χ1n) is 10.3. The van der Waals surface area contributed by atoms with Gasteiger partial charge in [0, 0.05) is 18.8 Å². The molecule has 0 unspecified atom stereocenters. The Bertz CT molecular complexity index is 1110. The number of benzene rings is 3. The summed E-state index contributed by atoms with van der Waals surface area (Å²) in [6, 6.07) is 17.9. The molecule has 32 heavy (non-hydrogen) atoms. The van der Waals surface area contributed by atoms with E-state index < -0.39 is 11.7 Å². The molecule has 3 aromatic carbocycles. The van der Waals surface area contributed by atoms with Gasteiger partial charge in [0.05, 0.1) is 28.3 Å². The molecule has 0 N–H and O–H groups in total. The van der Waals surface area contributed by atoms with Crippen molar-refractivity contribution in [3.63, 3.8) is 0 Å². The van der Waals surface area contributed by atoms with Crippen molar-refractivity contribution < 1.29 is 13.2 Å². The first-order chi connectivity index (χ1) is 15.4. The van der Waals surface area contributed by atoms with Gasteiger partial charge in [-0.1, -0.05) is 0 Å². The average Bonchev–Trinajstić information content (AvgIpc) is 3.32. The van der Waals surface area contributed by atoms with Crippen LogP contribution < -0.4 is 4.90 Å². The topological polar surface area (TPSA) is 52.7 Å². The number of aryl methyl sites for hydroxylation is 1. The molecule has 0 aliphatic carbocycles. The Kier molecular flexibility index (Phi) is 6.30. The Morgan fingerprint density at radius 3 is 1.81 bits per heavy atom. The molecule has 0 spiro atoms. The van der Waals surface area contributed by atoms with Crippen LogP contribution in [0.4, 0.5) is 41.6 Å². The summed E-state index contributed by atoms with van der Waals surface area (Å²) in [6.07, 6.45) is -1.89. The molecule has 3 aromatic rings. The fraction of sp³-hybridized carbons (Fsp3) is 0.250. The number of hydrogen-bond acceptors (Lipinski definition) is 5. The highest BCUT2D eigenvalue weighted by atomic mass is 19.4. The van der Waals surface area contributed by atoms with Gasteiger partial charge in [-0.25, -0.2) is 0 Å². The first-order valence-corrected chi connectivity index (χ1v) is 10.3. The van der Waals surface area contributed by atoms with Crippen LogP contribution in [0.1, 0.15) is 24.0 Å². The summed E-state index contributed by atoms with van der Waals surface area (Å²) in [7, 11) is 0. The fourth-order valence-electron chi connectivity index (χ4n) is 3.46. The van der Waals surface area contributed by atoms with Crippen LogP contribution in [0.25, 0.3) is 0 Å². The van der Waals surface area contributed by atoms with E-state index in [-0.39, 0.29) is 0 Å². The predicted octanol–water partition coefficient (Wildman–Crippen LogP) is 8.44. The molecule has 1 aliphatic heterocycles. The van der Waals surface area contributed by atoms with E-state index in [1.807, 2.05) is 19.1 Å². The third kappa shape index (κ3) is 5.38. The summed E-state index contributed by atoms with van der Waals surface area (Å²) in [5.41, 5.74) is 3.77. The van der Waals surface area contributed by atoms with Gasteiger partial charge in [0.1, 0.15) is 0 Å². The second-order valence-electron chi connectivity index (χ2n) is 7.63. The Balaban J connectivity index is 1.41. The minimum atomic E-state index is -4.37. The molecular formula is C24H22F3N5. The van der Waals surface area contributed by atoms with Gasteiger partial charge in [0.25, 0.3) is 0 Å². The molecule has 164 valence electrons. The molecule has 8 heteroatoms. The maximum Gasteiger partial charge on any atom is 0.416 e. The van der Waals surface area contributed by atoms with Gasteiger partial charge in [-0.15, -0.1) is 0 Å². The number of hydrogen-bond donors (Lipinski definition) is 0. The molecule has 4 rings (SSSR count). The highest BCUT2D eigenvalue weighted by molar-refractivity contribution is 5.55. The Morgan fingerprint density at radius 2 is 1.22 bits per heavy atom. The number of azo groups is 2. The van der Waals surface area contributed by atoms with Crippen molar-refractivity contribution in [2.45, 2.75) is 25.9 Å². The van der Waals surface area contributed by atoms with Gasteiger partial charge in [-0.2, -0.15) is 33.6 Å². The van der Waals surface area contributed by atoms with Gasteiger partial charge in [0.15, 0.2) is 0 Å². The molecule has 1 fully saturated rings. The maximum absolute atomic E-state index is 12.6. The minimum Gasteiger partial charge on any atom is -0.372 e. The quantitative estimate of drug-likeness (QED) is 0.369. The molecule has 1 aliphatic rings. The monoisotopic (exact) mass is 437 g/mol. The molecule has 0 bridgehead atoms. The molecule has 0 saturated carbocycles. The predicted molar refractivity (Wildman–Crippen MR) is 119 cm³/mol. The van der Waals surface area contributed by atoms with E-state index in [4.69, 9.17) is 0 Å². The summed E-state index contributed by atoms with van der Waals surface area (Å²) in [5.74, 6) is 0. The SMILES string of the molecule is Cc1cc(N=Nc2ccc(C(F)(F)F)cc2)ccc1N=Nc1ccc(N2CCCC2)cc1. The summed E-state index contributed by atoms with van der Waals surface area (Å²) in [6.45, 7) is 4.09. The van der Waals surface area contributed by atoms with E-state index in [2.05, 4.69) is 37.5 Å². The van der Waals surface area contributed by atoms with Gasteiger partial charge in [0.2, 0.25) is 0 Å². The van der Waals surface area contributed by atoms with E-state index in [0.717, 1.165) is 36.5 Å². The molecule has 5 nitrogen and oxygen atoms in total. The zero-order chi connectivity index (χ0) is 22.6. The standard InChI is InChI=1S/C24H22F3N5/c1-17-16-21(30-28-19-6-4-18(5-7-19)24(25,26)27)10-13-23(17)31-29-20-8-11-22(12-9-20)32-14-2-3-15-32/h4-13,16H,2-3,14-15H2,1H3. The number of rotatable bonds is 5. The van der Waals surface area contributed by atoms with Crippen LogP contribution in [0, 0.1) is 6.92 Å². The summed E-state index contributed by atoms with van der Waals surface area (Å²) < 4.78 is 37.9. The van der Waals surface area contributed by atoms with Crippen LogP contribution in [0.5, 0.6) is 0 Å². The average molecular weight is 437 g/mol. The number of nitrogens with zero attached hydrogens (tertiary/aromatic N) is 5. The third-order valence-corrected chi connectivity index (χ3v) is 5.25. The third-order valence-electron chi connectivity index (χ3n) is 5.25. The normalized spacial score (nSPS) is 14.7. The molecule has 0 atom stereocenters. The molecule has 1 saturated heterocycles. The molecule has 1 heterocycles. The Hall–Kier alpha value is -3.55. The Labute approximate surface area is 184 Å². The summed E-state index contributed by atoms with van der Waals surface area (Å²) in [5, 5.41) is 16.8. The van der Waals surface area contributed by atoms with E-state index in [0.29, 0.717) is 17.1 Å². The van der Waals surface area contributed by atoms with E-state index in [9.17, 15) is 13.2 Å². The molecular weight excluding hydrogens is 415 g/mol. The largest absolute Gasteiger partial charge is 0.416 e. The Morgan fingerprint density at radius 1 is 0.688 bits per heavy atom. The summed E-state index contributed by atoms with van der Waals surface area (Å²) >= 11 is 0. The van der Waals surface area contributed by atoms with E-state index in [1.54, 1.807) is 18.2 Å². The van der Waals surface area contributed by atoms with Crippen molar-refractivity contribution in [3.05, 3.63) is 77.9 Å². The van der Waals surface area contributed by atoms with Gasteiger partial charge >= 0.3 is 6.18 Å². The lowest BCUT2D eigenvalue weighted by Crippen LogP contribution is -2.17. The van der Waals surface area contributed by atoms with Crippen LogP contribution in [0.3, 0.4) is 0 Å². The fourth-order valence-corrected chi connectivity index (χ4v) is 3.46. The maximum atomic E-state index is 12.6. The van der Waals surface area contributed by atoms with E-state index >= 15 is 0 Å². The number of anilines is 1. The van der Waals surface area contributed by atoms with Crippen molar-refractivity contribution >= 4 is 28.4 Å². The second kappa shape index (κ2) is 9.30. The van der Waals surface area contributed by atoms with Gasteiger partial charge in [-0.05, 0) is 92.1 Å². The highest BCUT2D eigenvalue weighted by Gasteiger charge is 2.29.